The van der Waals surface area contributed by atoms with Gasteiger partial charge in [0.15, 0.2) is 5.75 Å². The van der Waals surface area contributed by atoms with Crippen molar-refractivity contribution in [1.29, 1.82) is 0 Å². The fourth-order valence-electron chi connectivity index (χ4n) is 3.42. The Balaban J connectivity index is 1.64. The number of nitrogens with zero attached hydrogens (tertiary/aromatic N) is 6. The van der Waals surface area contributed by atoms with Gasteiger partial charge in [0, 0.05) is 24.4 Å². The van der Waals surface area contributed by atoms with Crippen LogP contribution in [-0.2, 0) is 4.74 Å². The summed E-state index contributed by atoms with van der Waals surface area (Å²) in [4.78, 5) is 9.17. The fraction of sp³-hybridized carbons (Fsp3) is 0.556. The Bertz CT molecular complexity index is 931. The van der Waals surface area contributed by atoms with E-state index in [9.17, 15) is 0 Å². The Hall–Kier alpha value is -2.72. The smallest absolute Gasteiger partial charge is 0.243 e. The van der Waals surface area contributed by atoms with Gasteiger partial charge in [-0.05, 0) is 39.8 Å². The van der Waals surface area contributed by atoms with Crippen LogP contribution in [0.2, 0.25) is 0 Å². The van der Waals surface area contributed by atoms with E-state index in [1.54, 1.807) is 28.8 Å². The SMILES string of the molecule is CCOC(C)n1cc(-c2ncn3nc(NC4CCNCC4)nc3c2OC)cn1. The van der Waals surface area contributed by atoms with Crippen molar-refractivity contribution in [1.82, 2.24) is 34.7 Å². The van der Waals surface area contributed by atoms with Crippen LogP contribution in [0.15, 0.2) is 18.7 Å². The van der Waals surface area contributed by atoms with Crippen LogP contribution in [0.25, 0.3) is 16.9 Å². The highest BCUT2D eigenvalue weighted by atomic mass is 16.5. The lowest BCUT2D eigenvalue weighted by Crippen LogP contribution is -2.35. The quantitative estimate of drug-likeness (QED) is 0.633. The monoisotopic (exact) mass is 386 g/mol. The molecule has 150 valence electrons. The molecule has 4 heterocycles. The van der Waals surface area contributed by atoms with Crippen molar-refractivity contribution in [2.24, 2.45) is 0 Å². The molecule has 2 N–H and O–H groups in total. The van der Waals surface area contributed by atoms with E-state index in [0.29, 0.717) is 35.7 Å². The first-order chi connectivity index (χ1) is 13.7. The van der Waals surface area contributed by atoms with E-state index in [1.165, 1.54) is 0 Å². The van der Waals surface area contributed by atoms with E-state index in [0.717, 1.165) is 31.5 Å². The average molecular weight is 386 g/mol. The number of anilines is 1. The van der Waals surface area contributed by atoms with Gasteiger partial charge in [-0.15, -0.1) is 5.10 Å². The van der Waals surface area contributed by atoms with Crippen molar-refractivity contribution in [3.8, 4) is 17.0 Å². The van der Waals surface area contributed by atoms with Crippen LogP contribution in [0.3, 0.4) is 0 Å². The van der Waals surface area contributed by atoms with Crippen molar-refractivity contribution in [2.45, 2.75) is 39.0 Å². The Morgan fingerprint density at radius 3 is 2.93 bits per heavy atom. The molecule has 28 heavy (non-hydrogen) atoms. The highest BCUT2D eigenvalue weighted by molar-refractivity contribution is 5.73. The van der Waals surface area contributed by atoms with Crippen LogP contribution in [-0.4, -0.2) is 62.2 Å². The molecule has 4 rings (SSSR count). The van der Waals surface area contributed by atoms with Gasteiger partial charge in [0.05, 0.1) is 13.3 Å². The van der Waals surface area contributed by atoms with E-state index in [-0.39, 0.29) is 6.23 Å². The molecule has 1 aliphatic rings. The Morgan fingerprint density at radius 1 is 1.36 bits per heavy atom. The van der Waals surface area contributed by atoms with Gasteiger partial charge in [-0.25, -0.2) is 9.67 Å². The van der Waals surface area contributed by atoms with Gasteiger partial charge in [0.2, 0.25) is 11.6 Å². The largest absolute Gasteiger partial charge is 0.491 e. The number of nitrogens with one attached hydrogen (secondary N) is 2. The first-order valence-electron chi connectivity index (χ1n) is 9.62. The van der Waals surface area contributed by atoms with Crippen molar-refractivity contribution < 1.29 is 9.47 Å². The number of methoxy groups -OCH3 is 1. The van der Waals surface area contributed by atoms with Gasteiger partial charge >= 0.3 is 0 Å². The van der Waals surface area contributed by atoms with Crippen LogP contribution >= 0.6 is 0 Å². The van der Waals surface area contributed by atoms with Crippen LogP contribution in [0.1, 0.15) is 32.9 Å². The third-order valence-electron chi connectivity index (χ3n) is 4.88. The van der Waals surface area contributed by atoms with Crippen LogP contribution in [0.5, 0.6) is 5.75 Å². The molecule has 0 bridgehead atoms. The molecule has 0 aliphatic carbocycles. The van der Waals surface area contributed by atoms with E-state index >= 15 is 0 Å². The molecule has 1 unspecified atom stereocenters. The average Bonchev–Trinajstić information content (AvgIpc) is 3.35. The number of fused-ring (bicyclic) bond motifs is 1. The van der Waals surface area contributed by atoms with Crippen LogP contribution in [0, 0.1) is 0 Å². The second-order valence-electron chi connectivity index (χ2n) is 6.76. The third kappa shape index (κ3) is 3.65. The predicted octanol–water partition coefficient (Wildman–Crippen LogP) is 1.72. The van der Waals surface area contributed by atoms with Gasteiger partial charge in [-0.3, -0.25) is 0 Å². The highest BCUT2D eigenvalue weighted by Gasteiger charge is 2.20. The maximum Gasteiger partial charge on any atom is 0.243 e. The minimum atomic E-state index is -0.151. The summed E-state index contributed by atoms with van der Waals surface area (Å²) in [7, 11) is 1.61. The lowest BCUT2D eigenvalue weighted by Gasteiger charge is -2.22. The molecule has 10 heteroatoms. The van der Waals surface area contributed by atoms with E-state index in [2.05, 4.69) is 30.8 Å². The maximum atomic E-state index is 5.64. The van der Waals surface area contributed by atoms with Crippen molar-refractivity contribution in [3.63, 3.8) is 0 Å². The number of piperidine rings is 1. The molecule has 0 radical (unpaired) electrons. The van der Waals surface area contributed by atoms with E-state index in [1.807, 2.05) is 20.0 Å². The molecule has 1 aliphatic heterocycles. The summed E-state index contributed by atoms with van der Waals surface area (Å²) in [6.07, 6.45) is 7.24. The zero-order valence-corrected chi connectivity index (χ0v) is 16.4. The fourth-order valence-corrected chi connectivity index (χ4v) is 3.42. The lowest BCUT2D eigenvalue weighted by atomic mass is 10.1. The summed E-state index contributed by atoms with van der Waals surface area (Å²) in [5.74, 6) is 1.15. The first-order valence-corrected chi connectivity index (χ1v) is 9.62. The second-order valence-corrected chi connectivity index (χ2v) is 6.76. The van der Waals surface area contributed by atoms with Gasteiger partial charge in [0.1, 0.15) is 18.2 Å². The van der Waals surface area contributed by atoms with Gasteiger partial charge in [-0.2, -0.15) is 14.6 Å². The second kappa shape index (κ2) is 8.11. The molecular formula is C18H26N8O2. The standard InChI is InChI=1S/C18H26N8O2/c1-4-28-12(2)25-10-13(9-21-25)15-16(27-3)17-23-18(24-26(17)11-20-15)22-14-5-7-19-8-6-14/h9-12,14,19H,4-8H2,1-3H3,(H,22,24). The molecular weight excluding hydrogens is 360 g/mol. The number of rotatable bonds is 7. The Labute approximate surface area is 163 Å². The summed E-state index contributed by atoms with van der Waals surface area (Å²) >= 11 is 0. The maximum absolute atomic E-state index is 5.64. The topological polar surface area (TPSA) is 103 Å². The summed E-state index contributed by atoms with van der Waals surface area (Å²) < 4.78 is 14.6. The molecule has 3 aromatic heterocycles. The summed E-state index contributed by atoms with van der Waals surface area (Å²) in [5.41, 5.74) is 2.13. The van der Waals surface area contributed by atoms with Gasteiger partial charge in [0.25, 0.3) is 0 Å². The zero-order chi connectivity index (χ0) is 19.5. The molecule has 1 fully saturated rings. The molecule has 0 aromatic carbocycles. The number of hydrogen-bond donors (Lipinski definition) is 2. The minimum Gasteiger partial charge on any atom is -0.491 e. The van der Waals surface area contributed by atoms with Crippen molar-refractivity contribution in [3.05, 3.63) is 18.7 Å². The molecule has 3 aromatic rings. The Kier molecular flexibility index (Phi) is 5.40. The molecule has 1 saturated heterocycles. The van der Waals surface area contributed by atoms with Crippen molar-refractivity contribution >= 4 is 11.6 Å². The van der Waals surface area contributed by atoms with E-state index in [4.69, 9.17) is 9.47 Å². The number of ether oxygens (including phenoxy) is 2. The molecule has 0 amide bonds. The third-order valence-corrected chi connectivity index (χ3v) is 4.88. The normalized spacial score (nSPS) is 16.4. The summed E-state index contributed by atoms with van der Waals surface area (Å²) in [6.45, 7) is 6.54. The summed E-state index contributed by atoms with van der Waals surface area (Å²) in [5, 5.41) is 15.7. The van der Waals surface area contributed by atoms with Crippen LogP contribution < -0.4 is 15.4 Å². The highest BCUT2D eigenvalue weighted by Crippen LogP contribution is 2.31. The molecule has 0 saturated carbocycles. The molecule has 10 nitrogen and oxygen atoms in total. The number of aromatic nitrogens is 6. The van der Waals surface area contributed by atoms with Crippen molar-refractivity contribution in [2.75, 3.05) is 32.1 Å². The predicted molar refractivity (Wildman–Crippen MR) is 104 cm³/mol. The Morgan fingerprint density at radius 2 is 2.18 bits per heavy atom. The van der Waals surface area contributed by atoms with Crippen LogP contribution in [0.4, 0.5) is 5.95 Å². The molecule has 1 atom stereocenters. The van der Waals surface area contributed by atoms with Gasteiger partial charge < -0.3 is 20.1 Å². The molecule has 0 spiro atoms. The minimum absolute atomic E-state index is 0.151. The number of hydrogen-bond acceptors (Lipinski definition) is 8. The lowest BCUT2D eigenvalue weighted by molar-refractivity contribution is 0.0160. The first kappa shape index (κ1) is 18.6. The zero-order valence-electron chi connectivity index (χ0n) is 16.4. The van der Waals surface area contributed by atoms with E-state index < -0.39 is 0 Å². The summed E-state index contributed by atoms with van der Waals surface area (Å²) in [6, 6.07) is 0.371. The van der Waals surface area contributed by atoms with Gasteiger partial charge in [-0.1, -0.05) is 0 Å².